The summed E-state index contributed by atoms with van der Waals surface area (Å²) in [5.41, 5.74) is 10.8. The van der Waals surface area contributed by atoms with Crippen LogP contribution in [0.1, 0.15) is 71.5 Å². The number of hydrogen-bond donors (Lipinski definition) is 2. The summed E-state index contributed by atoms with van der Waals surface area (Å²) in [4.78, 5) is 39.5. The molecule has 2 heterocycles. The molecule has 1 aliphatic carbocycles. The van der Waals surface area contributed by atoms with Gasteiger partial charge in [-0.15, -0.1) is 0 Å². The molecule has 1 saturated heterocycles. The number of carbonyl (C=O) groups excluding carboxylic acids is 2. The van der Waals surface area contributed by atoms with E-state index < -0.39 is 12.1 Å². The van der Waals surface area contributed by atoms with Crippen molar-refractivity contribution in [2.45, 2.75) is 57.0 Å². The predicted octanol–water partition coefficient (Wildman–Crippen LogP) is 4.72. The summed E-state index contributed by atoms with van der Waals surface area (Å²) in [5.74, 6) is -2.54. The van der Waals surface area contributed by atoms with Gasteiger partial charge in [-0.1, -0.05) is 18.2 Å². The van der Waals surface area contributed by atoms with Crippen molar-refractivity contribution in [2.75, 3.05) is 13.1 Å². The van der Waals surface area contributed by atoms with Gasteiger partial charge >= 0.3 is 12.1 Å². The number of carboxylic acids is 1. The molecule has 1 aliphatic heterocycles. The van der Waals surface area contributed by atoms with E-state index in [1.807, 2.05) is 29.2 Å². The van der Waals surface area contributed by atoms with E-state index in [-0.39, 0.29) is 11.8 Å². The van der Waals surface area contributed by atoms with Crippen molar-refractivity contribution in [1.29, 1.82) is 0 Å². The van der Waals surface area contributed by atoms with Crippen LogP contribution in [0, 0.1) is 0 Å². The zero-order valence-electron chi connectivity index (χ0n) is 20.3. The van der Waals surface area contributed by atoms with E-state index in [1.54, 1.807) is 12.4 Å². The number of primary amides is 1. The lowest BCUT2D eigenvalue weighted by Gasteiger charge is -2.32. The third kappa shape index (κ3) is 7.90. The second-order valence-corrected chi connectivity index (χ2v) is 9.13. The average molecular weight is 518 g/mol. The van der Waals surface area contributed by atoms with Gasteiger partial charge in [-0.05, 0) is 84.9 Å². The quantitative estimate of drug-likeness (QED) is 0.596. The molecule has 37 heavy (non-hydrogen) atoms. The number of hydrogen-bond acceptors (Lipinski definition) is 4. The molecular weight excluding hydrogens is 487 g/mol. The van der Waals surface area contributed by atoms with Crippen LogP contribution < -0.4 is 5.73 Å². The second kappa shape index (κ2) is 12.5. The Kier molecular flexibility index (Phi) is 9.43. The van der Waals surface area contributed by atoms with Crippen LogP contribution in [0.3, 0.4) is 0 Å². The summed E-state index contributed by atoms with van der Waals surface area (Å²) >= 11 is 0. The summed E-state index contributed by atoms with van der Waals surface area (Å²) in [7, 11) is 0. The molecule has 0 saturated carbocycles. The molecular formula is C27H30F3N3O4. The Bertz CT molecular complexity index is 1140. The Hall–Kier alpha value is -3.69. The number of rotatable bonds is 5. The highest BCUT2D eigenvalue weighted by Gasteiger charge is 2.38. The first-order valence-electron chi connectivity index (χ1n) is 12.2. The van der Waals surface area contributed by atoms with Crippen LogP contribution in [0.15, 0.2) is 48.8 Å². The molecule has 2 aromatic rings. The van der Waals surface area contributed by atoms with E-state index in [2.05, 4.69) is 17.1 Å². The zero-order valence-corrected chi connectivity index (χ0v) is 20.3. The van der Waals surface area contributed by atoms with Crippen molar-refractivity contribution >= 4 is 23.4 Å². The van der Waals surface area contributed by atoms with E-state index in [0.29, 0.717) is 17.9 Å². The molecule has 10 heteroatoms. The zero-order chi connectivity index (χ0) is 27.0. The SMILES string of the molecule is NC(=O)c1ccc(C2CCN(C(=O)Cc3ccncc3)CC2)cc1C1=CCCCC1.O=C(O)C(F)(F)F. The number of nitrogens with two attached hydrogens (primary N) is 1. The van der Waals surface area contributed by atoms with Crippen molar-refractivity contribution in [2.24, 2.45) is 5.73 Å². The van der Waals surface area contributed by atoms with E-state index >= 15 is 0 Å². The minimum Gasteiger partial charge on any atom is -0.475 e. The molecule has 0 radical (unpaired) electrons. The van der Waals surface area contributed by atoms with Gasteiger partial charge < -0.3 is 15.7 Å². The molecule has 3 N–H and O–H groups in total. The Morgan fingerprint density at radius 3 is 2.24 bits per heavy atom. The van der Waals surface area contributed by atoms with Crippen LogP contribution in [-0.4, -0.2) is 52.0 Å². The second-order valence-electron chi connectivity index (χ2n) is 9.13. The molecule has 1 aromatic carbocycles. The van der Waals surface area contributed by atoms with Crippen LogP contribution in [-0.2, 0) is 16.0 Å². The number of amides is 2. The molecule has 0 bridgehead atoms. The van der Waals surface area contributed by atoms with Gasteiger partial charge in [0.2, 0.25) is 11.8 Å². The number of carbonyl (C=O) groups is 3. The van der Waals surface area contributed by atoms with E-state index in [0.717, 1.165) is 56.3 Å². The van der Waals surface area contributed by atoms with E-state index in [9.17, 15) is 22.8 Å². The molecule has 1 fully saturated rings. The summed E-state index contributed by atoms with van der Waals surface area (Å²) < 4.78 is 31.7. The topological polar surface area (TPSA) is 114 Å². The number of likely N-dealkylation sites (tertiary alicyclic amines) is 1. The van der Waals surface area contributed by atoms with Gasteiger partial charge in [0.1, 0.15) is 0 Å². The van der Waals surface area contributed by atoms with Crippen LogP contribution in [0.2, 0.25) is 0 Å². The lowest BCUT2D eigenvalue weighted by atomic mass is 9.84. The van der Waals surface area contributed by atoms with Gasteiger partial charge in [-0.2, -0.15) is 13.2 Å². The molecule has 4 rings (SSSR count). The number of benzene rings is 1. The molecule has 7 nitrogen and oxygen atoms in total. The van der Waals surface area contributed by atoms with Crippen LogP contribution >= 0.6 is 0 Å². The number of nitrogens with zero attached hydrogens (tertiary/aromatic N) is 2. The van der Waals surface area contributed by atoms with Crippen molar-refractivity contribution < 1.29 is 32.7 Å². The minimum atomic E-state index is -5.08. The molecule has 0 spiro atoms. The third-order valence-electron chi connectivity index (χ3n) is 6.61. The fourth-order valence-corrected chi connectivity index (χ4v) is 4.63. The number of piperidine rings is 1. The van der Waals surface area contributed by atoms with Gasteiger partial charge in [0.05, 0.1) is 6.42 Å². The van der Waals surface area contributed by atoms with Crippen molar-refractivity contribution in [3.8, 4) is 0 Å². The fraction of sp³-hybridized carbons (Fsp3) is 0.407. The largest absolute Gasteiger partial charge is 0.490 e. The third-order valence-corrected chi connectivity index (χ3v) is 6.61. The number of halogens is 3. The van der Waals surface area contributed by atoms with Gasteiger partial charge in [-0.25, -0.2) is 4.79 Å². The summed E-state index contributed by atoms with van der Waals surface area (Å²) in [6.07, 6.45) is 7.38. The first kappa shape index (κ1) is 27.9. The highest BCUT2D eigenvalue weighted by atomic mass is 19.4. The first-order chi connectivity index (χ1) is 17.6. The Balaban J connectivity index is 0.000000479. The smallest absolute Gasteiger partial charge is 0.475 e. The van der Waals surface area contributed by atoms with Crippen molar-refractivity contribution in [1.82, 2.24) is 9.88 Å². The lowest BCUT2D eigenvalue weighted by Crippen LogP contribution is -2.38. The monoisotopic (exact) mass is 517 g/mol. The number of carboxylic acid groups (broad SMARTS) is 1. The number of allylic oxidation sites excluding steroid dienone is 2. The van der Waals surface area contributed by atoms with Crippen LogP contribution in [0.25, 0.3) is 5.57 Å². The maximum absolute atomic E-state index is 12.6. The van der Waals surface area contributed by atoms with Gasteiger partial charge in [0.15, 0.2) is 0 Å². The van der Waals surface area contributed by atoms with Crippen molar-refractivity contribution in [3.63, 3.8) is 0 Å². The Labute approximate surface area is 213 Å². The van der Waals surface area contributed by atoms with Crippen LogP contribution in [0.4, 0.5) is 13.2 Å². The molecule has 0 unspecified atom stereocenters. The maximum atomic E-state index is 12.6. The molecule has 0 atom stereocenters. The number of pyridine rings is 1. The standard InChI is InChI=1S/C25H29N3O2.C2HF3O2/c26-25(30)22-7-6-21(17-23(22)20-4-2-1-3-5-20)19-10-14-28(15-11-19)24(29)16-18-8-12-27-13-9-18;3-2(4,5)1(6)7/h4,6-9,12-13,17,19H,1-3,5,10-11,14-16H2,(H2,26,30);(H,6,7). The van der Waals surface area contributed by atoms with Gasteiger partial charge in [-0.3, -0.25) is 14.6 Å². The Morgan fingerprint density at radius 2 is 1.70 bits per heavy atom. The van der Waals surface area contributed by atoms with Crippen molar-refractivity contribution in [3.05, 3.63) is 71.1 Å². The lowest BCUT2D eigenvalue weighted by molar-refractivity contribution is -0.192. The molecule has 1 aromatic heterocycles. The normalized spacial score (nSPS) is 16.3. The minimum absolute atomic E-state index is 0.178. The molecule has 2 aliphatic rings. The summed E-state index contributed by atoms with van der Waals surface area (Å²) in [5, 5.41) is 7.12. The summed E-state index contributed by atoms with van der Waals surface area (Å²) in [6, 6.07) is 9.91. The Morgan fingerprint density at radius 1 is 1.05 bits per heavy atom. The average Bonchev–Trinajstić information content (AvgIpc) is 2.89. The molecule has 2 amide bonds. The highest BCUT2D eigenvalue weighted by Crippen LogP contribution is 2.34. The first-order valence-corrected chi connectivity index (χ1v) is 12.2. The highest BCUT2D eigenvalue weighted by molar-refractivity contribution is 5.98. The van der Waals surface area contributed by atoms with Crippen LogP contribution in [0.5, 0.6) is 0 Å². The number of alkyl halides is 3. The molecule has 198 valence electrons. The van der Waals surface area contributed by atoms with Gasteiger partial charge in [0, 0.05) is 31.0 Å². The predicted molar refractivity (Wildman–Crippen MR) is 132 cm³/mol. The van der Waals surface area contributed by atoms with Gasteiger partial charge in [0.25, 0.3) is 0 Å². The number of aliphatic carboxylic acids is 1. The van der Waals surface area contributed by atoms with E-state index in [1.165, 1.54) is 17.6 Å². The van der Waals surface area contributed by atoms with E-state index in [4.69, 9.17) is 15.6 Å². The summed E-state index contributed by atoms with van der Waals surface area (Å²) in [6.45, 7) is 1.54. The number of aromatic nitrogens is 1. The maximum Gasteiger partial charge on any atom is 0.490 e. The fourth-order valence-electron chi connectivity index (χ4n) is 4.63.